The van der Waals surface area contributed by atoms with E-state index in [2.05, 4.69) is 32.1 Å². The fourth-order valence-electron chi connectivity index (χ4n) is 3.80. The van der Waals surface area contributed by atoms with Gasteiger partial charge in [-0.05, 0) is 24.6 Å². The summed E-state index contributed by atoms with van der Waals surface area (Å²) in [6.45, 7) is 6.79. The van der Waals surface area contributed by atoms with Crippen LogP contribution in [-0.4, -0.2) is 67.1 Å². The number of fused-ring (bicyclic) bond motifs is 2. The van der Waals surface area contributed by atoms with Gasteiger partial charge in [0.15, 0.2) is 11.5 Å². The Bertz CT molecular complexity index is 1040. The summed E-state index contributed by atoms with van der Waals surface area (Å²) in [5.74, 6) is 3.20. The van der Waals surface area contributed by atoms with E-state index in [9.17, 15) is 0 Å². The normalized spacial score (nSPS) is 16.6. The largest absolute Gasteiger partial charge is 0.454 e. The molecule has 0 amide bonds. The maximum atomic E-state index is 5.50. The molecular weight excluding hydrogens is 372 g/mol. The number of benzene rings is 1. The number of anilines is 2. The Kier molecular flexibility index (Phi) is 4.39. The number of piperazine rings is 1. The number of ether oxygens (including phenoxy) is 2. The minimum atomic E-state index is 0.308. The van der Waals surface area contributed by atoms with Gasteiger partial charge >= 0.3 is 0 Å². The van der Waals surface area contributed by atoms with E-state index in [0.717, 1.165) is 61.1 Å². The molecule has 0 atom stereocenters. The first kappa shape index (κ1) is 18.0. The lowest BCUT2D eigenvalue weighted by molar-refractivity contribution is 0.174. The Hall–Kier alpha value is -3.07. The van der Waals surface area contributed by atoms with E-state index in [1.54, 1.807) is 0 Å². The zero-order valence-corrected chi connectivity index (χ0v) is 16.9. The van der Waals surface area contributed by atoms with Crippen molar-refractivity contribution in [2.45, 2.75) is 13.5 Å². The molecule has 2 aliphatic rings. The van der Waals surface area contributed by atoms with Crippen molar-refractivity contribution >= 4 is 22.9 Å². The first-order valence-electron chi connectivity index (χ1n) is 9.75. The van der Waals surface area contributed by atoms with Gasteiger partial charge in [0, 0.05) is 46.8 Å². The molecule has 0 unspecified atom stereocenters. The van der Waals surface area contributed by atoms with E-state index in [4.69, 9.17) is 19.0 Å². The molecule has 152 valence electrons. The van der Waals surface area contributed by atoms with Crippen LogP contribution < -0.4 is 19.3 Å². The van der Waals surface area contributed by atoms with Crippen LogP contribution in [0.5, 0.6) is 11.5 Å². The lowest BCUT2D eigenvalue weighted by Gasteiger charge is -2.35. The summed E-state index contributed by atoms with van der Waals surface area (Å²) < 4.78 is 16.3. The zero-order chi connectivity index (χ0) is 20.0. The number of aryl methyl sites for hydroxylation is 1. The highest BCUT2D eigenvalue weighted by molar-refractivity contribution is 5.89. The fraction of sp³-hybridized carbons (Fsp3) is 0.450. The van der Waals surface area contributed by atoms with E-state index in [1.165, 1.54) is 5.56 Å². The van der Waals surface area contributed by atoms with Gasteiger partial charge in [0.25, 0.3) is 5.71 Å². The van der Waals surface area contributed by atoms with Crippen LogP contribution in [0.1, 0.15) is 11.3 Å². The van der Waals surface area contributed by atoms with Crippen molar-refractivity contribution in [3.05, 3.63) is 29.5 Å². The van der Waals surface area contributed by atoms with Gasteiger partial charge in [-0.2, -0.15) is 9.97 Å². The maximum absolute atomic E-state index is 5.50. The monoisotopic (exact) mass is 396 g/mol. The average molecular weight is 396 g/mol. The van der Waals surface area contributed by atoms with Gasteiger partial charge in [-0.1, -0.05) is 11.2 Å². The second kappa shape index (κ2) is 7.07. The SMILES string of the molecule is Cc1noc2nc(N(C)C)nc(N3CCN(Cc4ccc5c(c4)OCO5)CC3)c12. The van der Waals surface area contributed by atoms with Gasteiger partial charge in [0.2, 0.25) is 12.7 Å². The molecule has 9 nitrogen and oxygen atoms in total. The molecular formula is C20H24N6O3. The van der Waals surface area contributed by atoms with Crippen molar-refractivity contribution in [3.63, 3.8) is 0 Å². The quantitative estimate of drug-likeness (QED) is 0.658. The molecule has 0 saturated carbocycles. The van der Waals surface area contributed by atoms with E-state index in [1.807, 2.05) is 32.0 Å². The van der Waals surface area contributed by atoms with Crippen molar-refractivity contribution in [2.75, 3.05) is 56.9 Å². The zero-order valence-electron chi connectivity index (χ0n) is 16.9. The predicted octanol–water partition coefficient (Wildman–Crippen LogP) is 2.04. The molecule has 1 aromatic carbocycles. The third-order valence-corrected chi connectivity index (χ3v) is 5.39. The minimum Gasteiger partial charge on any atom is -0.454 e. The summed E-state index contributed by atoms with van der Waals surface area (Å²) in [5, 5.41) is 5.00. The Morgan fingerprint density at radius 3 is 2.62 bits per heavy atom. The lowest BCUT2D eigenvalue weighted by Crippen LogP contribution is -2.46. The lowest BCUT2D eigenvalue weighted by atomic mass is 10.1. The first-order chi connectivity index (χ1) is 14.1. The molecule has 0 bridgehead atoms. The molecule has 1 fully saturated rings. The van der Waals surface area contributed by atoms with Crippen LogP contribution in [0.3, 0.4) is 0 Å². The molecule has 2 aliphatic heterocycles. The van der Waals surface area contributed by atoms with Gasteiger partial charge in [-0.3, -0.25) is 4.90 Å². The first-order valence-corrected chi connectivity index (χ1v) is 9.75. The second-order valence-electron chi connectivity index (χ2n) is 7.64. The second-order valence-corrected chi connectivity index (χ2v) is 7.64. The summed E-state index contributed by atoms with van der Waals surface area (Å²) in [6, 6.07) is 6.17. The van der Waals surface area contributed by atoms with Crippen molar-refractivity contribution in [3.8, 4) is 11.5 Å². The standard InChI is InChI=1S/C20H24N6O3/c1-13-17-18(21-20(24(2)3)22-19(17)29-23-13)26-8-6-25(7-9-26)11-14-4-5-15-16(10-14)28-12-27-15/h4-5,10H,6-9,11-12H2,1-3H3. The van der Waals surface area contributed by atoms with Crippen molar-refractivity contribution in [1.82, 2.24) is 20.0 Å². The Balaban J connectivity index is 1.32. The molecule has 0 N–H and O–H groups in total. The molecule has 0 aliphatic carbocycles. The summed E-state index contributed by atoms with van der Waals surface area (Å²) in [6.07, 6.45) is 0. The van der Waals surface area contributed by atoms with E-state index in [-0.39, 0.29) is 0 Å². The molecule has 5 rings (SSSR count). The highest BCUT2D eigenvalue weighted by Crippen LogP contribution is 2.33. The molecule has 0 spiro atoms. The molecule has 9 heteroatoms. The van der Waals surface area contributed by atoms with Crippen molar-refractivity contribution in [1.29, 1.82) is 0 Å². The summed E-state index contributed by atoms with van der Waals surface area (Å²) >= 11 is 0. The summed E-state index contributed by atoms with van der Waals surface area (Å²) in [7, 11) is 3.86. The van der Waals surface area contributed by atoms with Gasteiger partial charge in [-0.25, -0.2) is 0 Å². The number of nitrogens with zero attached hydrogens (tertiary/aromatic N) is 6. The molecule has 4 heterocycles. The number of hydrogen-bond acceptors (Lipinski definition) is 9. The van der Waals surface area contributed by atoms with E-state index >= 15 is 0 Å². The van der Waals surface area contributed by atoms with Crippen LogP contribution >= 0.6 is 0 Å². The maximum Gasteiger partial charge on any atom is 0.265 e. The highest BCUT2D eigenvalue weighted by Gasteiger charge is 2.24. The van der Waals surface area contributed by atoms with E-state index in [0.29, 0.717) is 18.5 Å². The molecule has 29 heavy (non-hydrogen) atoms. The van der Waals surface area contributed by atoms with Crippen LogP contribution in [0.15, 0.2) is 22.7 Å². The Morgan fingerprint density at radius 1 is 1.03 bits per heavy atom. The molecule has 1 saturated heterocycles. The summed E-state index contributed by atoms with van der Waals surface area (Å²) in [4.78, 5) is 15.9. The van der Waals surface area contributed by atoms with Gasteiger partial charge < -0.3 is 23.8 Å². The average Bonchev–Trinajstić information content (AvgIpc) is 3.34. The number of aromatic nitrogens is 3. The number of rotatable bonds is 4. The Labute approximate surface area is 168 Å². The van der Waals surface area contributed by atoms with Gasteiger partial charge in [0.1, 0.15) is 11.2 Å². The highest BCUT2D eigenvalue weighted by atomic mass is 16.7. The smallest absolute Gasteiger partial charge is 0.265 e. The topological polar surface area (TPSA) is 80.0 Å². The van der Waals surface area contributed by atoms with Gasteiger partial charge in [-0.15, -0.1) is 0 Å². The van der Waals surface area contributed by atoms with Crippen LogP contribution in [-0.2, 0) is 6.54 Å². The third-order valence-electron chi connectivity index (χ3n) is 5.39. The number of hydrogen-bond donors (Lipinski definition) is 0. The van der Waals surface area contributed by atoms with Crippen molar-refractivity contribution in [2.24, 2.45) is 0 Å². The fourth-order valence-corrected chi connectivity index (χ4v) is 3.80. The minimum absolute atomic E-state index is 0.308. The Morgan fingerprint density at radius 2 is 1.83 bits per heavy atom. The van der Waals surface area contributed by atoms with Gasteiger partial charge in [0.05, 0.1) is 5.69 Å². The van der Waals surface area contributed by atoms with Crippen LogP contribution in [0.2, 0.25) is 0 Å². The molecule has 2 aromatic heterocycles. The van der Waals surface area contributed by atoms with E-state index < -0.39 is 0 Å². The summed E-state index contributed by atoms with van der Waals surface area (Å²) in [5.41, 5.74) is 2.60. The van der Waals surface area contributed by atoms with Crippen molar-refractivity contribution < 1.29 is 14.0 Å². The van der Waals surface area contributed by atoms with Crippen LogP contribution in [0.4, 0.5) is 11.8 Å². The molecule has 0 radical (unpaired) electrons. The molecule has 3 aromatic rings. The van der Waals surface area contributed by atoms with Crippen LogP contribution in [0.25, 0.3) is 11.1 Å². The van der Waals surface area contributed by atoms with Crippen LogP contribution in [0, 0.1) is 6.92 Å². The predicted molar refractivity (Wildman–Crippen MR) is 109 cm³/mol. The third kappa shape index (κ3) is 3.31.